The number of halogens is 1. The van der Waals surface area contributed by atoms with Gasteiger partial charge in [0.15, 0.2) is 0 Å². The van der Waals surface area contributed by atoms with E-state index in [2.05, 4.69) is 15.3 Å². The lowest BCUT2D eigenvalue weighted by molar-refractivity contribution is 0.0228. The van der Waals surface area contributed by atoms with Crippen LogP contribution in [0.4, 0.5) is 0 Å². The molecule has 0 radical (unpaired) electrons. The molecular weight excluding hydrogens is 350 g/mol. The second-order valence-corrected chi connectivity index (χ2v) is 7.01. The van der Waals surface area contributed by atoms with Crippen molar-refractivity contribution >= 4 is 28.4 Å². The van der Waals surface area contributed by atoms with Crippen molar-refractivity contribution in [1.82, 2.24) is 15.3 Å². The number of nitrogens with zero attached hydrogens (tertiary/aromatic N) is 2. The third-order valence-electron chi connectivity index (χ3n) is 4.82. The van der Waals surface area contributed by atoms with Crippen LogP contribution in [0.5, 0.6) is 0 Å². The van der Waals surface area contributed by atoms with E-state index in [-0.39, 0.29) is 24.0 Å². The SMILES string of the molecule is O=C(N[C@@H](c1ccccn1)C1CC(O)C1)c1ccc2cccc(Cl)c2n1. The van der Waals surface area contributed by atoms with Gasteiger partial charge in [-0.3, -0.25) is 9.78 Å². The molecule has 5 nitrogen and oxygen atoms in total. The summed E-state index contributed by atoms with van der Waals surface area (Å²) >= 11 is 6.20. The molecule has 2 N–H and O–H groups in total. The summed E-state index contributed by atoms with van der Waals surface area (Å²) in [6.07, 6.45) is 2.70. The summed E-state index contributed by atoms with van der Waals surface area (Å²) in [5, 5.41) is 14.1. The van der Waals surface area contributed by atoms with Crippen molar-refractivity contribution < 1.29 is 9.90 Å². The lowest BCUT2D eigenvalue weighted by atomic mass is 9.76. The third kappa shape index (κ3) is 3.28. The van der Waals surface area contributed by atoms with E-state index in [1.165, 1.54) is 0 Å². The van der Waals surface area contributed by atoms with Crippen molar-refractivity contribution in [2.45, 2.75) is 25.0 Å². The number of carbonyl (C=O) groups excluding carboxylic acids is 1. The molecule has 2 heterocycles. The van der Waals surface area contributed by atoms with Crippen LogP contribution in [0, 0.1) is 5.92 Å². The smallest absolute Gasteiger partial charge is 0.270 e. The topological polar surface area (TPSA) is 75.1 Å². The molecule has 2 aromatic heterocycles. The van der Waals surface area contributed by atoms with E-state index in [1.54, 1.807) is 18.3 Å². The second-order valence-electron chi connectivity index (χ2n) is 6.60. The molecule has 3 aromatic rings. The molecule has 0 saturated heterocycles. The molecule has 0 spiro atoms. The maximum Gasteiger partial charge on any atom is 0.270 e. The molecule has 1 aliphatic rings. The molecule has 6 heteroatoms. The van der Waals surface area contributed by atoms with Crippen LogP contribution in [0.25, 0.3) is 10.9 Å². The summed E-state index contributed by atoms with van der Waals surface area (Å²) in [7, 11) is 0. The number of carbonyl (C=O) groups is 1. The zero-order valence-electron chi connectivity index (χ0n) is 14.0. The summed E-state index contributed by atoms with van der Waals surface area (Å²) in [6.45, 7) is 0. The Morgan fingerprint density at radius 3 is 2.73 bits per heavy atom. The molecule has 4 rings (SSSR count). The highest BCUT2D eigenvalue weighted by Gasteiger charge is 2.36. The maximum atomic E-state index is 12.8. The summed E-state index contributed by atoms with van der Waals surface area (Å²) in [4.78, 5) is 21.6. The molecule has 1 saturated carbocycles. The number of fused-ring (bicyclic) bond motifs is 1. The number of hydrogen-bond acceptors (Lipinski definition) is 4. The molecular formula is C20H18ClN3O2. The first-order chi connectivity index (χ1) is 12.6. The van der Waals surface area contributed by atoms with Gasteiger partial charge in [0.2, 0.25) is 0 Å². The van der Waals surface area contributed by atoms with Crippen LogP contribution in [0.3, 0.4) is 0 Å². The molecule has 0 aliphatic heterocycles. The fraction of sp³-hybridized carbons (Fsp3) is 0.250. The number of benzene rings is 1. The van der Waals surface area contributed by atoms with E-state index in [4.69, 9.17) is 11.6 Å². The van der Waals surface area contributed by atoms with Gasteiger partial charge in [-0.1, -0.05) is 35.9 Å². The Morgan fingerprint density at radius 2 is 2.00 bits per heavy atom. The van der Waals surface area contributed by atoms with E-state index >= 15 is 0 Å². The average Bonchev–Trinajstić information content (AvgIpc) is 2.64. The lowest BCUT2D eigenvalue weighted by Gasteiger charge is -2.37. The van der Waals surface area contributed by atoms with Gasteiger partial charge in [-0.25, -0.2) is 4.98 Å². The number of hydrogen-bond donors (Lipinski definition) is 2. The van der Waals surface area contributed by atoms with Crippen molar-refractivity contribution in [2.24, 2.45) is 5.92 Å². The van der Waals surface area contributed by atoms with Crippen LogP contribution in [-0.4, -0.2) is 27.1 Å². The highest BCUT2D eigenvalue weighted by molar-refractivity contribution is 6.35. The molecule has 1 atom stereocenters. The van der Waals surface area contributed by atoms with Gasteiger partial charge in [-0.05, 0) is 43.0 Å². The first-order valence-electron chi connectivity index (χ1n) is 8.57. The molecule has 1 aromatic carbocycles. The zero-order chi connectivity index (χ0) is 18.1. The summed E-state index contributed by atoms with van der Waals surface area (Å²) in [5.74, 6) is -0.114. The van der Waals surface area contributed by atoms with Crippen LogP contribution in [0.15, 0.2) is 54.7 Å². The minimum Gasteiger partial charge on any atom is -0.393 e. The Hall–Kier alpha value is -2.50. The predicted octanol–water partition coefficient (Wildman–Crippen LogP) is 3.53. The fourth-order valence-corrected chi connectivity index (χ4v) is 3.57. The van der Waals surface area contributed by atoms with Gasteiger partial charge in [0, 0.05) is 11.6 Å². The summed E-state index contributed by atoms with van der Waals surface area (Å²) < 4.78 is 0. The van der Waals surface area contributed by atoms with Gasteiger partial charge < -0.3 is 10.4 Å². The van der Waals surface area contributed by atoms with Crippen molar-refractivity contribution in [3.8, 4) is 0 Å². The molecule has 1 amide bonds. The average molecular weight is 368 g/mol. The van der Waals surface area contributed by atoms with Gasteiger partial charge in [-0.2, -0.15) is 0 Å². The highest BCUT2D eigenvalue weighted by atomic mass is 35.5. The molecule has 26 heavy (non-hydrogen) atoms. The summed E-state index contributed by atoms with van der Waals surface area (Å²) in [5.41, 5.74) is 1.71. The fourth-order valence-electron chi connectivity index (χ4n) is 3.35. The van der Waals surface area contributed by atoms with Gasteiger partial charge in [0.25, 0.3) is 5.91 Å². The first-order valence-corrected chi connectivity index (χ1v) is 8.95. The third-order valence-corrected chi connectivity index (χ3v) is 5.12. The Labute approximate surface area is 156 Å². The maximum absolute atomic E-state index is 12.8. The lowest BCUT2D eigenvalue weighted by Crippen LogP contribution is -2.42. The molecule has 1 fully saturated rings. The van der Waals surface area contributed by atoms with Crippen LogP contribution < -0.4 is 5.32 Å². The highest BCUT2D eigenvalue weighted by Crippen LogP contribution is 2.37. The Bertz CT molecular complexity index is 942. The van der Waals surface area contributed by atoms with Gasteiger partial charge in [0.05, 0.1) is 28.4 Å². The number of rotatable bonds is 4. The van der Waals surface area contributed by atoms with Crippen LogP contribution in [0.2, 0.25) is 5.02 Å². The number of para-hydroxylation sites is 1. The number of aliphatic hydroxyl groups excluding tert-OH is 1. The minimum atomic E-state index is -0.305. The second kappa shape index (κ2) is 7.02. The standard InChI is InChI=1S/C20H18ClN3O2/c21-15-5-3-4-12-7-8-17(23-18(12)15)20(26)24-19(13-10-14(25)11-13)16-6-1-2-9-22-16/h1-9,13-14,19,25H,10-11H2,(H,24,26)/t13?,14?,19-/m1/s1. The van der Waals surface area contributed by atoms with E-state index in [0.717, 1.165) is 11.1 Å². The van der Waals surface area contributed by atoms with Crippen LogP contribution >= 0.6 is 11.6 Å². The summed E-state index contributed by atoms with van der Waals surface area (Å²) in [6, 6.07) is 14.4. The number of aliphatic hydroxyl groups is 1. The molecule has 0 bridgehead atoms. The normalized spacial score (nSPS) is 20.4. The van der Waals surface area contributed by atoms with Crippen LogP contribution in [-0.2, 0) is 0 Å². The number of pyridine rings is 2. The minimum absolute atomic E-state index is 0.160. The van der Waals surface area contributed by atoms with Crippen molar-refractivity contribution in [2.75, 3.05) is 0 Å². The number of aromatic nitrogens is 2. The van der Waals surface area contributed by atoms with E-state index in [9.17, 15) is 9.90 Å². The Morgan fingerprint density at radius 1 is 1.15 bits per heavy atom. The van der Waals surface area contributed by atoms with Gasteiger partial charge in [-0.15, -0.1) is 0 Å². The van der Waals surface area contributed by atoms with Gasteiger partial charge >= 0.3 is 0 Å². The number of amides is 1. The van der Waals surface area contributed by atoms with Crippen molar-refractivity contribution in [1.29, 1.82) is 0 Å². The quantitative estimate of drug-likeness (QED) is 0.739. The molecule has 1 aliphatic carbocycles. The number of nitrogens with one attached hydrogen (secondary N) is 1. The van der Waals surface area contributed by atoms with Crippen molar-refractivity contribution in [3.63, 3.8) is 0 Å². The van der Waals surface area contributed by atoms with E-state index < -0.39 is 0 Å². The van der Waals surface area contributed by atoms with Crippen molar-refractivity contribution in [3.05, 3.63) is 71.1 Å². The van der Waals surface area contributed by atoms with E-state index in [1.807, 2.05) is 36.4 Å². The molecule has 132 valence electrons. The Kier molecular flexibility index (Phi) is 4.57. The molecule has 0 unspecified atom stereocenters. The largest absolute Gasteiger partial charge is 0.393 e. The van der Waals surface area contributed by atoms with Crippen LogP contribution in [0.1, 0.15) is 35.1 Å². The Balaban J connectivity index is 1.61. The first kappa shape index (κ1) is 16.9. The monoisotopic (exact) mass is 367 g/mol. The van der Waals surface area contributed by atoms with Gasteiger partial charge in [0.1, 0.15) is 5.69 Å². The zero-order valence-corrected chi connectivity index (χ0v) is 14.7. The predicted molar refractivity (Wildman–Crippen MR) is 99.9 cm³/mol. The van der Waals surface area contributed by atoms with E-state index in [0.29, 0.717) is 29.1 Å².